The molecule has 0 spiro atoms. The molecule has 0 saturated carbocycles. The minimum Gasteiger partial charge on any atom is -0.497 e. The summed E-state index contributed by atoms with van der Waals surface area (Å²) in [6, 6.07) is 9.85. The van der Waals surface area contributed by atoms with E-state index < -0.39 is 23.6 Å². The molecule has 1 unspecified atom stereocenters. The Labute approximate surface area is 213 Å². The normalized spacial score (nSPS) is 19.2. The van der Waals surface area contributed by atoms with Crippen molar-refractivity contribution < 1.29 is 32.2 Å². The van der Waals surface area contributed by atoms with E-state index in [0.29, 0.717) is 40.5 Å². The van der Waals surface area contributed by atoms with Gasteiger partial charge in [0.15, 0.2) is 5.78 Å². The first-order valence-corrected chi connectivity index (χ1v) is 11.8. The quantitative estimate of drug-likeness (QED) is 0.515. The number of hydrogen-bond donors (Lipinski definition) is 2. The van der Waals surface area contributed by atoms with Crippen molar-refractivity contribution in [2.75, 3.05) is 19.5 Å². The van der Waals surface area contributed by atoms with Crippen molar-refractivity contribution >= 4 is 17.4 Å². The van der Waals surface area contributed by atoms with Crippen molar-refractivity contribution in [3.05, 3.63) is 76.1 Å². The van der Waals surface area contributed by atoms with Crippen LogP contribution in [0.1, 0.15) is 50.7 Å². The summed E-state index contributed by atoms with van der Waals surface area (Å²) in [7, 11) is 2.97. The number of ether oxygens (including phenoxy) is 2. The lowest BCUT2D eigenvalue weighted by atomic mass is 9.68. The fourth-order valence-electron chi connectivity index (χ4n) is 5.14. The predicted molar refractivity (Wildman–Crippen MR) is 133 cm³/mol. The van der Waals surface area contributed by atoms with Crippen LogP contribution < -0.4 is 20.1 Å². The van der Waals surface area contributed by atoms with Crippen LogP contribution in [0.5, 0.6) is 11.5 Å². The van der Waals surface area contributed by atoms with Crippen molar-refractivity contribution in [2.45, 2.75) is 45.7 Å². The van der Waals surface area contributed by atoms with Crippen LogP contribution in [0.25, 0.3) is 0 Å². The highest BCUT2D eigenvalue weighted by Crippen LogP contribution is 2.49. The SMILES string of the molecule is COc1ccc(OC)c(C2C(C(=O)Nc3ccccc3C(F)(F)F)=C(C)NC3=C2C(=O)CC(C)(C)C3)c1. The second-order valence-corrected chi connectivity index (χ2v) is 10.0. The molecule has 0 radical (unpaired) electrons. The van der Waals surface area contributed by atoms with E-state index >= 15 is 0 Å². The Morgan fingerprint density at radius 1 is 1.08 bits per heavy atom. The third-order valence-corrected chi connectivity index (χ3v) is 6.71. The Kier molecular flexibility index (Phi) is 6.83. The molecule has 0 bridgehead atoms. The summed E-state index contributed by atoms with van der Waals surface area (Å²) in [6.45, 7) is 5.67. The number of anilines is 1. The highest BCUT2D eigenvalue weighted by atomic mass is 19.4. The number of methoxy groups -OCH3 is 2. The van der Waals surface area contributed by atoms with Crippen LogP contribution in [0.3, 0.4) is 0 Å². The molecule has 1 heterocycles. The molecule has 1 amide bonds. The molecule has 37 heavy (non-hydrogen) atoms. The van der Waals surface area contributed by atoms with E-state index in [-0.39, 0.29) is 28.9 Å². The van der Waals surface area contributed by atoms with Gasteiger partial charge in [-0.15, -0.1) is 0 Å². The zero-order chi connectivity index (χ0) is 27.1. The zero-order valence-electron chi connectivity index (χ0n) is 21.3. The molecular formula is C28H29F3N2O4. The van der Waals surface area contributed by atoms with Gasteiger partial charge in [0, 0.05) is 34.5 Å². The first kappa shape index (κ1) is 26.3. The average Bonchev–Trinajstić information content (AvgIpc) is 2.81. The number of amides is 1. The number of nitrogens with one attached hydrogen (secondary N) is 2. The van der Waals surface area contributed by atoms with Gasteiger partial charge < -0.3 is 20.1 Å². The summed E-state index contributed by atoms with van der Waals surface area (Å²) in [5.74, 6) is -0.850. The first-order valence-electron chi connectivity index (χ1n) is 11.8. The highest BCUT2D eigenvalue weighted by molar-refractivity contribution is 6.10. The summed E-state index contributed by atoms with van der Waals surface area (Å²) >= 11 is 0. The Morgan fingerprint density at radius 3 is 2.43 bits per heavy atom. The monoisotopic (exact) mass is 514 g/mol. The van der Waals surface area contributed by atoms with Gasteiger partial charge in [0.05, 0.1) is 31.4 Å². The van der Waals surface area contributed by atoms with Crippen molar-refractivity contribution in [3.63, 3.8) is 0 Å². The summed E-state index contributed by atoms with van der Waals surface area (Å²) in [5, 5.41) is 5.66. The molecule has 1 aliphatic heterocycles. The zero-order valence-corrected chi connectivity index (χ0v) is 21.3. The number of alkyl halides is 3. The number of allylic oxidation sites excluding steroid dienone is 3. The van der Waals surface area contributed by atoms with E-state index in [2.05, 4.69) is 10.6 Å². The van der Waals surface area contributed by atoms with Gasteiger partial charge in [-0.25, -0.2) is 0 Å². The van der Waals surface area contributed by atoms with Crippen molar-refractivity contribution in [1.82, 2.24) is 5.32 Å². The lowest BCUT2D eigenvalue weighted by Crippen LogP contribution is -2.39. The molecule has 1 atom stereocenters. The number of para-hydroxylation sites is 1. The van der Waals surface area contributed by atoms with Gasteiger partial charge >= 0.3 is 6.18 Å². The molecule has 9 heteroatoms. The van der Waals surface area contributed by atoms with Crippen LogP contribution in [0.15, 0.2) is 65.0 Å². The van der Waals surface area contributed by atoms with Crippen LogP contribution in [0.4, 0.5) is 18.9 Å². The Hall–Kier alpha value is -3.75. The molecule has 0 fully saturated rings. The van der Waals surface area contributed by atoms with Crippen LogP contribution in [-0.2, 0) is 15.8 Å². The number of rotatable bonds is 5. The summed E-state index contributed by atoms with van der Waals surface area (Å²) in [5.41, 5.74) is 0.571. The molecule has 2 N–H and O–H groups in total. The third kappa shape index (κ3) is 5.08. The van der Waals surface area contributed by atoms with Gasteiger partial charge in [-0.2, -0.15) is 13.2 Å². The first-order chi connectivity index (χ1) is 17.4. The molecule has 4 rings (SSSR count). The Balaban J connectivity index is 1.89. The number of carbonyl (C=O) groups is 2. The molecule has 0 saturated heterocycles. The van der Waals surface area contributed by atoms with E-state index in [1.807, 2.05) is 13.8 Å². The Bertz CT molecular complexity index is 1320. The second-order valence-electron chi connectivity index (χ2n) is 10.0. The minimum absolute atomic E-state index is 0.135. The van der Waals surface area contributed by atoms with Crippen LogP contribution in [-0.4, -0.2) is 25.9 Å². The molecule has 196 valence electrons. The van der Waals surface area contributed by atoms with E-state index in [0.717, 1.165) is 6.07 Å². The van der Waals surface area contributed by atoms with Crippen LogP contribution >= 0.6 is 0 Å². The van der Waals surface area contributed by atoms with E-state index in [9.17, 15) is 22.8 Å². The van der Waals surface area contributed by atoms with E-state index in [1.54, 1.807) is 25.1 Å². The van der Waals surface area contributed by atoms with Crippen LogP contribution in [0.2, 0.25) is 0 Å². The molecule has 2 aromatic rings. The summed E-state index contributed by atoms with van der Waals surface area (Å²) in [6.07, 6.45) is -3.82. The molecule has 2 aliphatic rings. The topological polar surface area (TPSA) is 76.7 Å². The molecular weight excluding hydrogens is 485 g/mol. The number of Topliss-reactive ketones (excluding diaryl/α,β-unsaturated/α-hetero) is 1. The number of hydrogen-bond acceptors (Lipinski definition) is 5. The average molecular weight is 515 g/mol. The maximum absolute atomic E-state index is 13.7. The maximum atomic E-state index is 13.7. The lowest BCUT2D eigenvalue weighted by molar-refractivity contribution is -0.137. The largest absolute Gasteiger partial charge is 0.497 e. The van der Waals surface area contributed by atoms with Gasteiger partial charge in [-0.3, -0.25) is 9.59 Å². The fraction of sp³-hybridized carbons (Fsp3) is 0.357. The van der Waals surface area contributed by atoms with Crippen molar-refractivity contribution in [3.8, 4) is 11.5 Å². The molecule has 6 nitrogen and oxygen atoms in total. The molecule has 1 aliphatic carbocycles. The predicted octanol–water partition coefficient (Wildman–Crippen LogP) is 5.97. The maximum Gasteiger partial charge on any atom is 0.418 e. The van der Waals surface area contributed by atoms with Gasteiger partial charge in [-0.05, 0) is 49.1 Å². The third-order valence-electron chi connectivity index (χ3n) is 6.71. The fourth-order valence-corrected chi connectivity index (χ4v) is 5.14. The van der Waals surface area contributed by atoms with Crippen molar-refractivity contribution in [2.24, 2.45) is 5.41 Å². The number of dihydropyridines is 1. The molecule has 0 aromatic heterocycles. The number of ketones is 1. The van der Waals surface area contributed by atoms with Gasteiger partial charge in [0.25, 0.3) is 5.91 Å². The van der Waals surface area contributed by atoms with Crippen molar-refractivity contribution in [1.29, 1.82) is 0 Å². The van der Waals surface area contributed by atoms with E-state index in [1.165, 1.54) is 32.4 Å². The van der Waals surface area contributed by atoms with Gasteiger partial charge in [0.1, 0.15) is 11.5 Å². The smallest absolute Gasteiger partial charge is 0.418 e. The second kappa shape index (κ2) is 9.61. The lowest BCUT2D eigenvalue weighted by Gasteiger charge is -2.40. The number of halogens is 3. The van der Waals surface area contributed by atoms with Crippen LogP contribution in [0, 0.1) is 5.41 Å². The van der Waals surface area contributed by atoms with Gasteiger partial charge in [-0.1, -0.05) is 26.0 Å². The summed E-state index contributed by atoms with van der Waals surface area (Å²) < 4.78 is 51.9. The Morgan fingerprint density at radius 2 is 1.78 bits per heavy atom. The van der Waals surface area contributed by atoms with E-state index in [4.69, 9.17) is 9.47 Å². The van der Waals surface area contributed by atoms with Gasteiger partial charge in [0.2, 0.25) is 0 Å². The standard InChI is InChI=1S/C28H29F3N2O4/c1-15-23(26(35)33-19-9-7-6-8-18(19)28(29,30)31)24(17-12-16(36-4)10-11-22(17)37-5)25-20(32-15)13-27(2,3)14-21(25)34/h6-12,24,32H,13-14H2,1-5H3,(H,33,35). The molecule has 2 aromatic carbocycles. The summed E-state index contributed by atoms with van der Waals surface area (Å²) in [4.78, 5) is 27.2. The number of benzene rings is 2. The number of carbonyl (C=O) groups excluding carboxylic acids is 2. The highest BCUT2D eigenvalue weighted by Gasteiger charge is 2.44. The minimum atomic E-state index is -4.66.